The number of benzene rings is 3. The van der Waals surface area contributed by atoms with Gasteiger partial charge in [-0.05, 0) is 62.2 Å². The first-order chi connectivity index (χ1) is 17.1. The zero-order valence-corrected chi connectivity index (χ0v) is 22.2. The third-order valence-electron chi connectivity index (χ3n) is 6.00. The van der Waals surface area contributed by atoms with E-state index >= 15 is 0 Å². The lowest BCUT2D eigenvalue weighted by atomic mass is 10.1. The monoisotopic (exact) mass is 512 g/mol. The summed E-state index contributed by atoms with van der Waals surface area (Å²) in [6.07, 6.45) is 0. The summed E-state index contributed by atoms with van der Waals surface area (Å²) in [6, 6.07) is 15.4. The minimum Gasteiger partial charge on any atom is -0.493 e. The van der Waals surface area contributed by atoms with Crippen LogP contribution >= 0.6 is 0 Å². The van der Waals surface area contributed by atoms with Gasteiger partial charge in [-0.25, -0.2) is 8.42 Å². The Morgan fingerprint density at radius 1 is 0.861 bits per heavy atom. The van der Waals surface area contributed by atoms with Gasteiger partial charge in [-0.3, -0.25) is 9.10 Å². The van der Waals surface area contributed by atoms with Crippen LogP contribution in [0.25, 0.3) is 0 Å². The van der Waals surface area contributed by atoms with Crippen molar-refractivity contribution in [1.82, 2.24) is 5.32 Å². The average Bonchev–Trinajstić information content (AvgIpc) is 2.87. The fourth-order valence-corrected chi connectivity index (χ4v) is 5.30. The number of hydrogen-bond acceptors (Lipinski definition) is 6. The predicted octanol–water partition coefficient (Wildman–Crippen LogP) is 4.15. The number of carbonyl (C=O) groups excluding carboxylic acids is 1. The molecular formula is C27H32N2O6S. The molecule has 0 radical (unpaired) electrons. The number of aryl methyl sites for hydroxylation is 2. The van der Waals surface area contributed by atoms with Gasteiger partial charge in [-0.2, -0.15) is 0 Å². The second-order valence-electron chi connectivity index (χ2n) is 8.31. The van der Waals surface area contributed by atoms with Gasteiger partial charge in [0.15, 0.2) is 11.5 Å². The van der Waals surface area contributed by atoms with Crippen LogP contribution in [0.15, 0.2) is 59.5 Å². The SMILES string of the molecule is COc1ccc(CNC(=O)CN(c2cccc(C)c2C)S(=O)(=O)c2ccc(C)cc2)c(OC)c1OC. The van der Waals surface area contributed by atoms with E-state index in [4.69, 9.17) is 14.2 Å². The highest BCUT2D eigenvalue weighted by molar-refractivity contribution is 7.92. The van der Waals surface area contributed by atoms with Crippen LogP contribution < -0.4 is 23.8 Å². The van der Waals surface area contributed by atoms with E-state index in [0.29, 0.717) is 28.5 Å². The number of nitrogens with one attached hydrogen (secondary N) is 1. The number of ether oxygens (including phenoxy) is 3. The van der Waals surface area contributed by atoms with Crippen LogP contribution in [0, 0.1) is 20.8 Å². The number of rotatable bonds is 10. The van der Waals surface area contributed by atoms with Gasteiger partial charge in [0.1, 0.15) is 6.54 Å². The number of sulfonamides is 1. The highest BCUT2D eigenvalue weighted by Gasteiger charge is 2.28. The maximum atomic E-state index is 13.7. The molecule has 9 heteroatoms. The topological polar surface area (TPSA) is 94.2 Å². The van der Waals surface area contributed by atoms with Crippen molar-refractivity contribution in [2.24, 2.45) is 0 Å². The Kier molecular flexibility index (Phi) is 8.47. The summed E-state index contributed by atoms with van der Waals surface area (Å²) in [5, 5.41) is 2.81. The van der Waals surface area contributed by atoms with E-state index in [0.717, 1.165) is 21.0 Å². The minimum absolute atomic E-state index is 0.105. The first-order valence-electron chi connectivity index (χ1n) is 11.3. The van der Waals surface area contributed by atoms with Gasteiger partial charge in [0.25, 0.3) is 10.0 Å². The van der Waals surface area contributed by atoms with Gasteiger partial charge in [-0.1, -0.05) is 29.8 Å². The molecule has 0 unspecified atom stereocenters. The van der Waals surface area contributed by atoms with E-state index in [1.54, 1.807) is 48.5 Å². The van der Waals surface area contributed by atoms with E-state index in [1.165, 1.54) is 21.3 Å². The zero-order valence-electron chi connectivity index (χ0n) is 21.4. The second kappa shape index (κ2) is 11.3. The smallest absolute Gasteiger partial charge is 0.264 e. The number of hydrogen-bond donors (Lipinski definition) is 1. The zero-order chi connectivity index (χ0) is 26.5. The fourth-order valence-electron chi connectivity index (χ4n) is 3.83. The molecule has 3 aromatic rings. The summed E-state index contributed by atoms with van der Waals surface area (Å²) in [6.45, 7) is 5.34. The first kappa shape index (κ1) is 26.9. The molecule has 1 N–H and O–H groups in total. The molecule has 192 valence electrons. The van der Waals surface area contributed by atoms with Crippen LogP contribution in [-0.4, -0.2) is 42.2 Å². The number of methoxy groups -OCH3 is 3. The summed E-state index contributed by atoms with van der Waals surface area (Å²) in [4.78, 5) is 13.2. The number of amides is 1. The Bertz CT molecular complexity index is 1340. The van der Waals surface area contributed by atoms with E-state index in [-0.39, 0.29) is 11.4 Å². The third-order valence-corrected chi connectivity index (χ3v) is 7.78. The highest BCUT2D eigenvalue weighted by Crippen LogP contribution is 2.39. The Balaban J connectivity index is 1.92. The van der Waals surface area contributed by atoms with E-state index in [1.807, 2.05) is 26.8 Å². The standard InChI is InChI=1S/C27H32N2O6S/c1-18-10-13-22(14-11-18)36(31,32)29(23-9-7-8-19(2)20(23)3)17-25(30)28-16-21-12-15-24(33-4)27(35-6)26(21)34-5/h7-15H,16-17H2,1-6H3,(H,28,30). The maximum Gasteiger partial charge on any atom is 0.264 e. The molecule has 3 aromatic carbocycles. The molecule has 0 bridgehead atoms. The fraction of sp³-hybridized carbons (Fsp3) is 0.296. The molecule has 0 spiro atoms. The van der Waals surface area contributed by atoms with E-state index in [9.17, 15) is 13.2 Å². The lowest BCUT2D eigenvalue weighted by Crippen LogP contribution is -2.41. The summed E-state index contributed by atoms with van der Waals surface area (Å²) >= 11 is 0. The molecular weight excluding hydrogens is 480 g/mol. The molecule has 0 saturated heterocycles. The molecule has 0 aliphatic rings. The molecule has 0 aliphatic carbocycles. The molecule has 0 heterocycles. The van der Waals surface area contributed by atoms with Gasteiger partial charge in [-0.15, -0.1) is 0 Å². The Morgan fingerprint density at radius 2 is 1.53 bits per heavy atom. The average molecular weight is 513 g/mol. The highest BCUT2D eigenvalue weighted by atomic mass is 32.2. The summed E-state index contributed by atoms with van der Waals surface area (Å²) in [5.74, 6) is 0.861. The third kappa shape index (κ3) is 5.57. The molecule has 3 rings (SSSR count). The van der Waals surface area contributed by atoms with Crippen LogP contribution in [0.5, 0.6) is 17.2 Å². The van der Waals surface area contributed by atoms with Gasteiger partial charge >= 0.3 is 0 Å². The summed E-state index contributed by atoms with van der Waals surface area (Å²) in [7, 11) is 0.513. The lowest BCUT2D eigenvalue weighted by Gasteiger charge is -2.26. The van der Waals surface area contributed by atoms with E-state index in [2.05, 4.69) is 5.32 Å². The van der Waals surface area contributed by atoms with E-state index < -0.39 is 22.5 Å². The van der Waals surface area contributed by atoms with Crippen molar-refractivity contribution in [2.75, 3.05) is 32.2 Å². The van der Waals surface area contributed by atoms with Crippen LogP contribution in [0.1, 0.15) is 22.3 Å². The quantitative estimate of drug-likeness (QED) is 0.439. The van der Waals surface area contributed by atoms with Gasteiger partial charge in [0, 0.05) is 12.1 Å². The first-order valence-corrected chi connectivity index (χ1v) is 12.8. The number of nitrogens with zero attached hydrogens (tertiary/aromatic N) is 1. The molecule has 1 amide bonds. The molecule has 0 atom stereocenters. The molecule has 8 nitrogen and oxygen atoms in total. The van der Waals surface area contributed by atoms with Crippen LogP contribution in [0.4, 0.5) is 5.69 Å². The minimum atomic E-state index is -4.01. The van der Waals surface area contributed by atoms with Crippen molar-refractivity contribution in [1.29, 1.82) is 0 Å². The largest absolute Gasteiger partial charge is 0.493 e. The van der Waals surface area contributed by atoms with Crippen LogP contribution in [0.2, 0.25) is 0 Å². The predicted molar refractivity (Wildman–Crippen MR) is 140 cm³/mol. The van der Waals surface area contributed by atoms with Crippen molar-refractivity contribution in [3.8, 4) is 17.2 Å². The maximum absolute atomic E-state index is 13.7. The summed E-state index contributed by atoms with van der Waals surface area (Å²) in [5.41, 5.74) is 3.75. The van der Waals surface area contributed by atoms with Gasteiger partial charge < -0.3 is 19.5 Å². The molecule has 0 aromatic heterocycles. The van der Waals surface area contributed by atoms with Crippen molar-refractivity contribution in [2.45, 2.75) is 32.2 Å². The number of carbonyl (C=O) groups is 1. The van der Waals surface area contributed by atoms with Crippen molar-refractivity contribution >= 4 is 21.6 Å². The normalized spacial score (nSPS) is 11.1. The van der Waals surface area contributed by atoms with Crippen molar-refractivity contribution in [3.63, 3.8) is 0 Å². The van der Waals surface area contributed by atoms with Gasteiger partial charge in [0.05, 0.1) is 31.9 Å². The molecule has 36 heavy (non-hydrogen) atoms. The molecule has 0 aliphatic heterocycles. The Morgan fingerprint density at radius 3 is 2.14 bits per heavy atom. The number of anilines is 1. The summed E-state index contributed by atoms with van der Waals surface area (Å²) < 4.78 is 44.7. The lowest BCUT2D eigenvalue weighted by molar-refractivity contribution is -0.119. The van der Waals surface area contributed by atoms with Gasteiger partial charge in [0.2, 0.25) is 11.7 Å². The van der Waals surface area contributed by atoms with Crippen LogP contribution in [0.3, 0.4) is 0 Å². The van der Waals surface area contributed by atoms with Crippen LogP contribution in [-0.2, 0) is 21.4 Å². The Labute approximate surface area is 212 Å². The molecule has 0 fully saturated rings. The van der Waals surface area contributed by atoms with Crippen molar-refractivity contribution < 1.29 is 27.4 Å². The van der Waals surface area contributed by atoms with Crippen molar-refractivity contribution in [3.05, 3.63) is 76.9 Å². The molecule has 0 saturated carbocycles. The second-order valence-corrected chi connectivity index (χ2v) is 10.2. The Hall–Kier alpha value is -3.72.